The molecule has 104 valence electrons. The third kappa shape index (κ3) is 3.82. The Balaban J connectivity index is 1.60. The predicted molar refractivity (Wildman–Crippen MR) is 67.4 cm³/mol. The van der Waals surface area contributed by atoms with Gasteiger partial charge in [0.25, 0.3) is 5.91 Å². The van der Waals surface area contributed by atoms with Crippen molar-refractivity contribution in [3.05, 3.63) is 24.2 Å². The fraction of sp³-hybridized carbons (Fsp3) is 0.538. The lowest BCUT2D eigenvalue weighted by atomic mass is 10.1. The van der Waals surface area contributed by atoms with Crippen LogP contribution in [0, 0.1) is 5.41 Å². The second kappa shape index (κ2) is 5.88. The second-order valence-corrected chi connectivity index (χ2v) is 4.92. The van der Waals surface area contributed by atoms with E-state index in [4.69, 9.17) is 9.52 Å². The zero-order chi connectivity index (χ0) is 13.7. The average molecular weight is 266 g/mol. The van der Waals surface area contributed by atoms with Crippen molar-refractivity contribution in [2.24, 2.45) is 5.41 Å². The predicted octanol–water partition coefficient (Wildman–Crippen LogP) is 0.288. The minimum absolute atomic E-state index is 0.0902. The van der Waals surface area contributed by atoms with Gasteiger partial charge in [0, 0.05) is 24.9 Å². The van der Waals surface area contributed by atoms with Crippen LogP contribution in [0.25, 0.3) is 0 Å². The van der Waals surface area contributed by atoms with Gasteiger partial charge in [-0.3, -0.25) is 9.59 Å². The Labute approximate surface area is 111 Å². The molecule has 2 amide bonds. The first-order valence-electron chi connectivity index (χ1n) is 6.34. The normalized spacial score (nSPS) is 15.8. The van der Waals surface area contributed by atoms with Crippen LogP contribution in [0.1, 0.15) is 29.8 Å². The van der Waals surface area contributed by atoms with Gasteiger partial charge < -0.3 is 20.2 Å². The van der Waals surface area contributed by atoms with Gasteiger partial charge in [-0.25, -0.2) is 0 Å². The number of aliphatic hydroxyl groups is 1. The Kier molecular flexibility index (Phi) is 4.21. The lowest BCUT2D eigenvalue weighted by Crippen LogP contribution is -2.34. The number of furan rings is 1. The van der Waals surface area contributed by atoms with Gasteiger partial charge in [-0.2, -0.15) is 0 Å². The van der Waals surface area contributed by atoms with Crippen LogP contribution in [0.15, 0.2) is 22.8 Å². The molecule has 1 fully saturated rings. The molecule has 0 aromatic carbocycles. The molecule has 2 rings (SSSR count). The molecule has 6 nitrogen and oxygen atoms in total. The molecule has 0 unspecified atom stereocenters. The van der Waals surface area contributed by atoms with Crippen LogP contribution in [0.2, 0.25) is 0 Å². The molecule has 0 spiro atoms. The summed E-state index contributed by atoms with van der Waals surface area (Å²) in [5.74, 6) is -0.219. The van der Waals surface area contributed by atoms with E-state index < -0.39 is 0 Å². The van der Waals surface area contributed by atoms with E-state index in [9.17, 15) is 9.59 Å². The highest BCUT2D eigenvalue weighted by Crippen LogP contribution is 2.44. The van der Waals surface area contributed by atoms with E-state index in [0.717, 1.165) is 12.8 Å². The molecule has 1 aliphatic rings. The number of nitrogens with one attached hydrogen (secondary N) is 2. The monoisotopic (exact) mass is 266 g/mol. The van der Waals surface area contributed by atoms with E-state index >= 15 is 0 Å². The largest absolute Gasteiger partial charge is 0.459 e. The molecule has 6 heteroatoms. The Morgan fingerprint density at radius 3 is 2.74 bits per heavy atom. The molecule has 1 heterocycles. The number of rotatable bonds is 7. The first kappa shape index (κ1) is 13.6. The van der Waals surface area contributed by atoms with Crippen molar-refractivity contribution in [3.8, 4) is 0 Å². The van der Waals surface area contributed by atoms with Gasteiger partial charge in [-0.05, 0) is 25.0 Å². The number of aliphatic hydroxyl groups excluding tert-OH is 1. The van der Waals surface area contributed by atoms with Gasteiger partial charge >= 0.3 is 0 Å². The third-order valence-electron chi connectivity index (χ3n) is 3.34. The second-order valence-electron chi connectivity index (χ2n) is 4.92. The molecule has 1 aromatic rings. The van der Waals surface area contributed by atoms with Gasteiger partial charge in [0.1, 0.15) is 0 Å². The molecular formula is C13H18N2O4. The fourth-order valence-corrected chi connectivity index (χ4v) is 1.73. The summed E-state index contributed by atoms with van der Waals surface area (Å²) >= 11 is 0. The Morgan fingerprint density at radius 1 is 1.37 bits per heavy atom. The molecule has 1 aliphatic carbocycles. The summed E-state index contributed by atoms with van der Waals surface area (Å²) in [6.07, 6.45) is 3.55. The van der Waals surface area contributed by atoms with Gasteiger partial charge in [0.05, 0.1) is 12.9 Å². The van der Waals surface area contributed by atoms with E-state index in [1.54, 1.807) is 12.1 Å². The van der Waals surface area contributed by atoms with E-state index in [2.05, 4.69) is 10.6 Å². The zero-order valence-electron chi connectivity index (χ0n) is 10.6. The molecule has 0 atom stereocenters. The van der Waals surface area contributed by atoms with Crippen molar-refractivity contribution in [3.63, 3.8) is 0 Å². The summed E-state index contributed by atoms with van der Waals surface area (Å²) in [7, 11) is 0. The third-order valence-corrected chi connectivity index (χ3v) is 3.34. The minimum atomic E-state index is -0.327. The Morgan fingerprint density at radius 2 is 2.16 bits per heavy atom. The van der Waals surface area contributed by atoms with Crippen molar-refractivity contribution in [2.45, 2.75) is 19.3 Å². The van der Waals surface area contributed by atoms with Gasteiger partial charge in [0.15, 0.2) is 5.76 Å². The Hall–Kier alpha value is -1.82. The topological polar surface area (TPSA) is 91.6 Å². The van der Waals surface area contributed by atoms with E-state index in [0.29, 0.717) is 6.54 Å². The number of amides is 2. The molecule has 0 bridgehead atoms. The van der Waals surface area contributed by atoms with Crippen LogP contribution in [-0.4, -0.2) is 36.6 Å². The molecule has 0 radical (unpaired) electrons. The highest BCUT2D eigenvalue weighted by Gasteiger charge is 2.41. The lowest BCUT2D eigenvalue weighted by molar-refractivity contribution is -0.121. The molecule has 19 heavy (non-hydrogen) atoms. The number of carbonyl (C=O) groups is 2. The highest BCUT2D eigenvalue weighted by molar-refractivity contribution is 5.91. The van der Waals surface area contributed by atoms with Crippen LogP contribution >= 0.6 is 0 Å². The van der Waals surface area contributed by atoms with Crippen molar-refractivity contribution < 1.29 is 19.1 Å². The van der Waals surface area contributed by atoms with Gasteiger partial charge in [-0.1, -0.05) is 0 Å². The summed E-state index contributed by atoms with van der Waals surface area (Å²) < 4.78 is 4.93. The summed E-state index contributed by atoms with van der Waals surface area (Å²) in [6, 6.07) is 3.19. The highest BCUT2D eigenvalue weighted by atomic mass is 16.3. The Bertz CT molecular complexity index is 438. The van der Waals surface area contributed by atoms with E-state index in [1.807, 2.05) is 0 Å². The van der Waals surface area contributed by atoms with Crippen molar-refractivity contribution in [2.75, 3.05) is 19.7 Å². The molecule has 0 aliphatic heterocycles. The zero-order valence-corrected chi connectivity index (χ0v) is 10.6. The maximum absolute atomic E-state index is 11.5. The maximum Gasteiger partial charge on any atom is 0.286 e. The van der Waals surface area contributed by atoms with Crippen LogP contribution in [0.5, 0.6) is 0 Å². The lowest BCUT2D eigenvalue weighted by Gasteiger charge is -2.12. The fourth-order valence-electron chi connectivity index (χ4n) is 1.73. The summed E-state index contributed by atoms with van der Waals surface area (Å²) in [4.78, 5) is 23.0. The van der Waals surface area contributed by atoms with E-state index in [-0.39, 0.29) is 42.6 Å². The van der Waals surface area contributed by atoms with Crippen LogP contribution in [0.3, 0.4) is 0 Å². The van der Waals surface area contributed by atoms with Crippen molar-refractivity contribution in [1.29, 1.82) is 0 Å². The minimum Gasteiger partial charge on any atom is -0.459 e. The number of carbonyl (C=O) groups excluding carboxylic acids is 2. The first-order chi connectivity index (χ1) is 9.15. The quantitative estimate of drug-likeness (QED) is 0.661. The standard InChI is InChI=1S/C13H18N2O4/c16-9-13(4-5-13)8-15-11(17)3-6-14-12(18)10-2-1-7-19-10/h1-2,7,16H,3-6,8-9H2,(H,14,18)(H,15,17). The number of hydrogen-bond acceptors (Lipinski definition) is 4. The summed E-state index contributed by atoms with van der Waals surface area (Å²) in [5.41, 5.74) is -0.0902. The van der Waals surface area contributed by atoms with Crippen molar-refractivity contribution in [1.82, 2.24) is 10.6 Å². The smallest absolute Gasteiger partial charge is 0.286 e. The van der Waals surface area contributed by atoms with Crippen LogP contribution in [0.4, 0.5) is 0 Å². The van der Waals surface area contributed by atoms with Crippen LogP contribution in [-0.2, 0) is 4.79 Å². The van der Waals surface area contributed by atoms with Gasteiger partial charge in [-0.15, -0.1) is 0 Å². The molecule has 3 N–H and O–H groups in total. The summed E-state index contributed by atoms with van der Waals surface area (Å²) in [6.45, 7) is 0.883. The SMILES string of the molecule is O=C(CCNC(=O)c1ccco1)NCC1(CO)CC1. The number of hydrogen-bond donors (Lipinski definition) is 3. The molecular weight excluding hydrogens is 248 g/mol. The summed E-state index contributed by atoms with van der Waals surface area (Å²) in [5, 5.41) is 14.5. The van der Waals surface area contributed by atoms with Gasteiger partial charge in [0.2, 0.25) is 5.91 Å². The molecule has 0 saturated heterocycles. The average Bonchev–Trinajstić information content (AvgIpc) is 2.98. The maximum atomic E-state index is 11.5. The first-order valence-corrected chi connectivity index (χ1v) is 6.34. The van der Waals surface area contributed by atoms with Crippen molar-refractivity contribution >= 4 is 11.8 Å². The van der Waals surface area contributed by atoms with E-state index in [1.165, 1.54) is 6.26 Å². The molecule has 1 saturated carbocycles. The van der Waals surface area contributed by atoms with Crippen LogP contribution < -0.4 is 10.6 Å². The molecule has 1 aromatic heterocycles.